The molecule has 0 radical (unpaired) electrons. The molecule has 0 saturated carbocycles. The lowest BCUT2D eigenvalue weighted by Crippen LogP contribution is -2.76. The number of carbonyl (C=O) groups is 3. The minimum absolute atomic E-state index is 0.000369. The lowest BCUT2D eigenvalue weighted by molar-refractivity contribution is -0.190. The molecule has 0 aliphatic carbocycles. The fourth-order valence-electron chi connectivity index (χ4n) is 4.38. The second-order valence-corrected chi connectivity index (χ2v) is 8.54. The van der Waals surface area contributed by atoms with Gasteiger partial charge in [-0.2, -0.15) is 0 Å². The molecule has 2 fully saturated rings. The number of nitrogens with zero attached hydrogens (tertiary/aromatic N) is 4. The number of halogens is 1. The highest BCUT2D eigenvalue weighted by molar-refractivity contribution is 5.91. The zero-order chi connectivity index (χ0) is 24.1. The zero-order valence-corrected chi connectivity index (χ0v) is 19.8. The van der Waals surface area contributed by atoms with Gasteiger partial charge in [0.2, 0.25) is 11.8 Å². The zero-order valence-electron chi connectivity index (χ0n) is 19.8. The van der Waals surface area contributed by atoms with E-state index in [0.717, 1.165) is 12.0 Å². The van der Waals surface area contributed by atoms with Crippen molar-refractivity contribution in [1.82, 2.24) is 25.1 Å². The number of fused-ring (bicyclic) bond motifs is 1. The van der Waals surface area contributed by atoms with Gasteiger partial charge in [-0.25, -0.2) is 19.2 Å². The molecule has 3 rings (SSSR count). The number of likely N-dealkylation sites (N-methyl/N-ethyl adjacent to an activating group) is 1. The second kappa shape index (κ2) is 10.9. The molecule has 4 amide bonds. The van der Waals surface area contributed by atoms with Crippen LogP contribution in [0.3, 0.4) is 0 Å². The molecule has 1 aromatic rings. The minimum atomic E-state index is -0.635. The first kappa shape index (κ1) is 24.9. The summed E-state index contributed by atoms with van der Waals surface area (Å²) in [7, 11) is 1.69. The Kier molecular flexibility index (Phi) is 8.25. The van der Waals surface area contributed by atoms with Crippen molar-refractivity contribution in [2.75, 3.05) is 39.9 Å². The molecule has 0 spiro atoms. The third-order valence-electron chi connectivity index (χ3n) is 6.33. The van der Waals surface area contributed by atoms with E-state index in [1.54, 1.807) is 34.0 Å². The Labute approximate surface area is 194 Å². The van der Waals surface area contributed by atoms with Crippen molar-refractivity contribution in [2.24, 2.45) is 5.92 Å². The molecule has 1 N–H and O–H groups in total. The highest BCUT2D eigenvalue weighted by Crippen LogP contribution is 2.30. The maximum absolute atomic E-state index is 13.3. The van der Waals surface area contributed by atoms with Crippen LogP contribution in [0.2, 0.25) is 0 Å². The number of urea groups is 1. The van der Waals surface area contributed by atoms with E-state index in [2.05, 4.69) is 5.32 Å². The summed E-state index contributed by atoms with van der Waals surface area (Å²) >= 11 is 0. The van der Waals surface area contributed by atoms with Crippen LogP contribution in [0, 0.1) is 11.7 Å². The average molecular weight is 464 g/mol. The van der Waals surface area contributed by atoms with Gasteiger partial charge in [0, 0.05) is 26.7 Å². The number of benzene rings is 1. The number of piperazine rings is 1. The third kappa shape index (κ3) is 5.44. The molecule has 2 aliphatic rings. The molecule has 182 valence electrons. The van der Waals surface area contributed by atoms with Crippen LogP contribution in [-0.4, -0.2) is 89.8 Å². The maximum atomic E-state index is 13.3. The van der Waals surface area contributed by atoms with Gasteiger partial charge in [-0.05, 0) is 30.5 Å². The molecule has 10 heteroatoms. The predicted molar refractivity (Wildman–Crippen MR) is 120 cm³/mol. The van der Waals surface area contributed by atoms with Crippen LogP contribution in [0.4, 0.5) is 9.18 Å². The number of hydrogen-bond donors (Lipinski definition) is 1. The molecule has 9 nitrogen and oxygen atoms in total. The van der Waals surface area contributed by atoms with Crippen molar-refractivity contribution < 1.29 is 23.5 Å². The van der Waals surface area contributed by atoms with Gasteiger partial charge in [0.1, 0.15) is 18.0 Å². The molecule has 33 heavy (non-hydrogen) atoms. The smallest absolute Gasteiger partial charge is 0.334 e. The van der Waals surface area contributed by atoms with Crippen molar-refractivity contribution in [2.45, 2.75) is 45.9 Å². The summed E-state index contributed by atoms with van der Waals surface area (Å²) in [5.74, 6) is -0.686. The van der Waals surface area contributed by atoms with E-state index in [-0.39, 0.29) is 49.2 Å². The molecule has 1 unspecified atom stereocenters. The van der Waals surface area contributed by atoms with Crippen molar-refractivity contribution >= 4 is 17.8 Å². The summed E-state index contributed by atoms with van der Waals surface area (Å²) in [6.07, 6.45) is 0.0986. The van der Waals surface area contributed by atoms with E-state index in [4.69, 9.17) is 4.74 Å². The van der Waals surface area contributed by atoms with Gasteiger partial charge in [-0.15, -0.1) is 0 Å². The van der Waals surface area contributed by atoms with Gasteiger partial charge in [-0.1, -0.05) is 32.4 Å². The Morgan fingerprint density at radius 3 is 2.58 bits per heavy atom. The fourth-order valence-corrected chi connectivity index (χ4v) is 4.38. The number of ether oxygens (including phenoxy) is 1. The highest BCUT2D eigenvalue weighted by Gasteiger charge is 2.51. The Morgan fingerprint density at radius 1 is 1.24 bits per heavy atom. The lowest BCUT2D eigenvalue weighted by Gasteiger charge is -2.55. The normalized spacial score (nSPS) is 22.4. The summed E-state index contributed by atoms with van der Waals surface area (Å²) < 4.78 is 18.6. The van der Waals surface area contributed by atoms with Crippen LogP contribution in [-0.2, 0) is 20.9 Å². The van der Waals surface area contributed by atoms with Crippen molar-refractivity contribution in [1.29, 1.82) is 0 Å². The van der Waals surface area contributed by atoms with Crippen molar-refractivity contribution in [3.05, 3.63) is 35.6 Å². The van der Waals surface area contributed by atoms with E-state index < -0.39 is 12.2 Å². The Morgan fingerprint density at radius 2 is 1.94 bits per heavy atom. The number of hydrogen-bond acceptors (Lipinski definition) is 5. The summed E-state index contributed by atoms with van der Waals surface area (Å²) in [5, 5.41) is 5.96. The number of carbonyl (C=O) groups excluding carboxylic acids is 3. The highest BCUT2D eigenvalue weighted by atomic mass is 19.1. The Balaban J connectivity index is 1.84. The minimum Gasteiger partial charge on any atom is -0.380 e. The van der Waals surface area contributed by atoms with Crippen LogP contribution in [0.5, 0.6) is 0 Å². The first-order valence-electron chi connectivity index (χ1n) is 11.5. The van der Waals surface area contributed by atoms with Gasteiger partial charge in [0.25, 0.3) is 0 Å². The molecule has 0 bridgehead atoms. The molecular formula is C23H34FN5O4. The van der Waals surface area contributed by atoms with Crippen molar-refractivity contribution in [3.63, 3.8) is 0 Å². The van der Waals surface area contributed by atoms with Gasteiger partial charge in [0.15, 0.2) is 0 Å². The van der Waals surface area contributed by atoms with E-state index in [1.807, 2.05) is 20.8 Å². The molecule has 1 aromatic carbocycles. The third-order valence-corrected chi connectivity index (χ3v) is 6.33. The van der Waals surface area contributed by atoms with E-state index in [9.17, 15) is 18.8 Å². The van der Waals surface area contributed by atoms with Crippen LogP contribution in [0.1, 0.15) is 32.8 Å². The van der Waals surface area contributed by atoms with E-state index >= 15 is 0 Å². The molecule has 2 saturated heterocycles. The van der Waals surface area contributed by atoms with Gasteiger partial charge in [-0.3, -0.25) is 9.59 Å². The topological polar surface area (TPSA) is 85.4 Å². The predicted octanol–water partition coefficient (Wildman–Crippen LogP) is 1.65. The standard InChI is InChI=1S/C23H34FN5O4/c1-5-16(3)21-22(31)27(11-12-33-6-2)14-19-28(21)20(30)15-26(4)29(19)23(32)25-13-17-7-9-18(24)10-8-17/h7-10,16,19,21H,5-6,11-15H2,1-4H3,(H,25,32)/t16?,19-,21-/m0/s1. The molecule has 3 atom stereocenters. The average Bonchev–Trinajstić information content (AvgIpc) is 2.79. The van der Waals surface area contributed by atoms with Gasteiger partial charge in [0.05, 0.1) is 19.7 Å². The quantitative estimate of drug-likeness (QED) is 0.593. The SMILES string of the molecule is CCOCCN1C[C@H]2N(C(=O)CN(C)N2C(=O)NCc2ccc(F)cc2)[C@@H](C(C)CC)C1=O. The van der Waals surface area contributed by atoms with E-state index in [1.165, 1.54) is 17.1 Å². The molecular weight excluding hydrogens is 429 g/mol. The molecule has 2 aliphatic heterocycles. The van der Waals surface area contributed by atoms with E-state index in [0.29, 0.717) is 19.8 Å². The summed E-state index contributed by atoms with van der Waals surface area (Å²) in [4.78, 5) is 42.9. The van der Waals surface area contributed by atoms with Crippen LogP contribution in [0.25, 0.3) is 0 Å². The summed E-state index contributed by atoms with van der Waals surface area (Å²) in [6, 6.07) is 4.89. The van der Waals surface area contributed by atoms with Crippen LogP contribution in [0.15, 0.2) is 24.3 Å². The monoisotopic (exact) mass is 463 g/mol. The number of rotatable bonds is 8. The number of nitrogens with one attached hydrogen (secondary N) is 1. The molecule has 0 aromatic heterocycles. The summed E-state index contributed by atoms with van der Waals surface area (Å²) in [5.41, 5.74) is 0.756. The van der Waals surface area contributed by atoms with Gasteiger partial charge >= 0.3 is 6.03 Å². The Hall–Kier alpha value is -2.72. The lowest BCUT2D eigenvalue weighted by atomic mass is 9.92. The van der Waals surface area contributed by atoms with Crippen LogP contribution >= 0.6 is 0 Å². The maximum Gasteiger partial charge on any atom is 0.334 e. The fraction of sp³-hybridized carbons (Fsp3) is 0.609. The Bertz CT molecular complexity index is 852. The van der Waals surface area contributed by atoms with Crippen LogP contribution < -0.4 is 5.32 Å². The summed E-state index contributed by atoms with van der Waals surface area (Å²) in [6.45, 7) is 7.59. The first-order valence-corrected chi connectivity index (χ1v) is 11.5. The van der Waals surface area contributed by atoms with Gasteiger partial charge < -0.3 is 19.9 Å². The largest absolute Gasteiger partial charge is 0.380 e. The number of amides is 4. The number of hydrazine groups is 1. The molecule has 2 heterocycles. The van der Waals surface area contributed by atoms with Crippen molar-refractivity contribution in [3.8, 4) is 0 Å². The second-order valence-electron chi connectivity index (χ2n) is 8.54. The first-order chi connectivity index (χ1) is 15.8.